The third-order valence-corrected chi connectivity index (χ3v) is 36.4. The fraction of sp³-hybridized carbons (Fsp3) is 0.245. The standard InChI is InChI=1S/C23H29.2C10H7.C5H5.CH2.2ClH.Hf/c1-14-9-16-11-17-10-15(2)21(23(6,7)8)13-19(17)18(16)12-20(14)22(3,4)5;2*1-2-6-10-8-4-3-7-9(10)5-1;1-2-4-5-3-1;;;;/h9,12-13H,11H2,1-8H3;2*1-3,5-8H;1-3H,4H2;1H2;2*1H;. The second-order valence-electron chi connectivity index (χ2n) is 17.4. The molecule has 3 heteroatoms. The molecular formula is C49H52Cl2Hf. The predicted molar refractivity (Wildman–Crippen MR) is 232 cm³/mol. The van der Waals surface area contributed by atoms with E-state index in [1.807, 2.05) is 0 Å². The molecule has 0 amide bonds. The zero-order valence-electron chi connectivity index (χ0n) is 32.0. The molecule has 0 bridgehead atoms. The molecule has 0 saturated heterocycles. The summed E-state index contributed by atoms with van der Waals surface area (Å²) in [5, 5.41) is 5.14. The van der Waals surface area contributed by atoms with Crippen molar-refractivity contribution in [2.24, 2.45) is 0 Å². The van der Waals surface area contributed by atoms with Crippen molar-refractivity contribution in [1.29, 1.82) is 0 Å². The van der Waals surface area contributed by atoms with Gasteiger partial charge in [-0.3, -0.25) is 0 Å². The number of benzene rings is 6. The summed E-state index contributed by atoms with van der Waals surface area (Å²) in [6.45, 7) is 19.0. The summed E-state index contributed by atoms with van der Waals surface area (Å²) in [4.78, 5) is 0. The molecule has 0 saturated carbocycles. The Bertz CT molecular complexity index is 2450. The maximum atomic E-state index is 5.92. The number of fused-ring (bicyclic) bond motifs is 5. The first kappa shape index (κ1) is 38.4. The molecule has 0 aromatic heterocycles. The first-order chi connectivity index (χ1) is 23.7. The van der Waals surface area contributed by atoms with Crippen molar-refractivity contribution in [1.82, 2.24) is 0 Å². The summed E-state index contributed by atoms with van der Waals surface area (Å²) in [6.07, 6.45) is 9.02. The van der Waals surface area contributed by atoms with Crippen LogP contribution >= 0.6 is 24.8 Å². The average Bonchev–Trinajstić information content (AvgIpc) is 3.75. The number of allylic oxidation sites excluding steroid dienone is 4. The van der Waals surface area contributed by atoms with Crippen molar-refractivity contribution in [2.75, 3.05) is 0 Å². The zero-order chi connectivity index (χ0) is 35.2. The molecule has 2 aliphatic carbocycles. The van der Waals surface area contributed by atoms with Crippen LogP contribution in [0.1, 0.15) is 81.3 Å². The van der Waals surface area contributed by atoms with Crippen molar-refractivity contribution < 1.29 is 18.0 Å². The van der Waals surface area contributed by atoms with E-state index < -0.39 is 18.0 Å². The van der Waals surface area contributed by atoms with E-state index in [1.165, 1.54) is 76.0 Å². The van der Waals surface area contributed by atoms with E-state index in [-0.39, 0.29) is 35.6 Å². The van der Waals surface area contributed by atoms with Crippen molar-refractivity contribution >= 4 is 60.6 Å². The monoisotopic (exact) mass is 890 g/mol. The van der Waals surface area contributed by atoms with Crippen LogP contribution < -0.4 is 9.96 Å². The molecule has 0 radical (unpaired) electrons. The first-order valence-electron chi connectivity index (χ1n) is 18.4. The average molecular weight is 890 g/mol. The molecule has 0 N–H and O–H groups in total. The Morgan fingerprint density at radius 3 is 1.62 bits per heavy atom. The third-order valence-electron chi connectivity index (χ3n) is 12.2. The van der Waals surface area contributed by atoms with Crippen LogP contribution in [0.4, 0.5) is 0 Å². The van der Waals surface area contributed by atoms with Crippen LogP contribution in [0.2, 0.25) is 0 Å². The van der Waals surface area contributed by atoms with Gasteiger partial charge in [-0.2, -0.15) is 0 Å². The van der Waals surface area contributed by atoms with Gasteiger partial charge in [0.25, 0.3) is 0 Å². The van der Waals surface area contributed by atoms with Crippen molar-refractivity contribution in [3.05, 3.63) is 158 Å². The minimum absolute atomic E-state index is 0. The van der Waals surface area contributed by atoms with E-state index in [4.69, 9.17) is 4.26 Å². The number of aryl methyl sites for hydroxylation is 1. The van der Waals surface area contributed by atoms with Crippen LogP contribution in [0.15, 0.2) is 125 Å². The Hall–Kier alpha value is -3.36. The summed E-state index contributed by atoms with van der Waals surface area (Å²) in [5.74, 6) is 0. The van der Waals surface area contributed by atoms with E-state index >= 15 is 0 Å². The van der Waals surface area contributed by atoms with E-state index in [9.17, 15) is 0 Å². The Balaban J connectivity index is 0.00000232. The van der Waals surface area contributed by atoms with Gasteiger partial charge in [0.15, 0.2) is 0 Å². The molecule has 0 aliphatic heterocycles. The quantitative estimate of drug-likeness (QED) is 0.155. The molecule has 52 heavy (non-hydrogen) atoms. The second-order valence-corrected chi connectivity index (χ2v) is 36.1. The summed E-state index contributed by atoms with van der Waals surface area (Å²) in [5.41, 5.74) is 11.6. The molecule has 0 nitrogen and oxygen atoms in total. The van der Waals surface area contributed by atoms with Crippen LogP contribution in [0.25, 0.3) is 32.7 Å². The van der Waals surface area contributed by atoms with Gasteiger partial charge in [-0.05, 0) is 0 Å². The normalized spacial score (nSPS) is 14.1. The van der Waals surface area contributed by atoms with Crippen LogP contribution in [0.5, 0.6) is 0 Å². The maximum absolute atomic E-state index is 5.92. The van der Waals surface area contributed by atoms with Gasteiger partial charge in [-0.1, -0.05) is 0 Å². The van der Waals surface area contributed by atoms with E-state index in [0.29, 0.717) is 0 Å². The van der Waals surface area contributed by atoms with Gasteiger partial charge < -0.3 is 0 Å². The van der Waals surface area contributed by atoms with E-state index in [1.54, 1.807) is 3.32 Å². The minimum atomic E-state index is -5.24. The van der Waals surface area contributed by atoms with Crippen molar-refractivity contribution in [3.8, 4) is 11.1 Å². The van der Waals surface area contributed by atoms with Gasteiger partial charge in [-0.15, -0.1) is 24.8 Å². The molecule has 0 fully saturated rings. The van der Waals surface area contributed by atoms with Gasteiger partial charge in [0.1, 0.15) is 0 Å². The molecule has 2 aliphatic rings. The predicted octanol–water partition coefficient (Wildman–Crippen LogP) is 11.9. The molecule has 0 spiro atoms. The summed E-state index contributed by atoms with van der Waals surface area (Å²) < 4.78 is 11.9. The Morgan fingerprint density at radius 2 is 1.12 bits per heavy atom. The second kappa shape index (κ2) is 13.2. The number of hydrogen-bond acceptors (Lipinski definition) is 0. The summed E-state index contributed by atoms with van der Waals surface area (Å²) in [7, 11) is 0. The fourth-order valence-corrected chi connectivity index (χ4v) is 34.0. The Labute approximate surface area is 324 Å². The van der Waals surface area contributed by atoms with Gasteiger partial charge >= 0.3 is 302 Å². The van der Waals surface area contributed by atoms with Crippen molar-refractivity contribution in [3.63, 3.8) is 0 Å². The summed E-state index contributed by atoms with van der Waals surface area (Å²) in [6, 6.07) is 40.1. The van der Waals surface area contributed by atoms with Crippen molar-refractivity contribution in [2.45, 2.75) is 79.1 Å². The molecule has 6 aromatic rings. The molecule has 0 atom stereocenters. The first-order valence-corrected chi connectivity index (χ1v) is 28.1. The molecule has 6 aromatic carbocycles. The SMILES string of the molecule is Cl.Cl.[CH2]=[Hf]([C]1=CC=CC1)([c]1ccc2ccccc2c1)([c]1ccc2ccccc2c1)[c]1c(C)c(C(C)(C)C)cc2c1Cc1cc(C)c(C(C)(C)C)cc1-2. The van der Waals surface area contributed by atoms with E-state index in [0.717, 1.165) is 12.8 Å². The Morgan fingerprint density at radius 1 is 0.596 bits per heavy atom. The van der Waals surface area contributed by atoms with Gasteiger partial charge in [0.05, 0.1) is 0 Å². The fourth-order valence-electron chi connectivity index (χ4n) is 9.86. The van der Waals surface area contributed by atoms with Gasteiger partial charge in [0.2, 0.25) is 0 Å². The summed E-state index contributed by atoms with van der Waals surface area (Å²) >= 11 is -5.24. The molecule has 0 heterocycles. The number of hydrogen-bond donors (Lipinski definition) is 0. The zero-order valence-corrected chi connectivity index (χ0v) is 37.2. The number of rotatable bonds is 4. The van der Waals surface area contributed by atoms with E-state index in [2.05, 4.69) is 177 Å². The number of halogens is 2. The van der Waals surface area contributed by atoms with Crippen LogP contribution in [0, 0.1) is 13.8 Å². The third kappa shape index (κ3) is 5.61. The van der Waals surface area contributed by atoms with Gasteiger partial charge in [0, 0.05) is 0 Å². The van der Waals surface area contributed by atoms with Crippen LogP contribution in [-0.2, 0) is 35.3 Å². The molecule has 266 valence electrons. The molecular weight excluding hydrogens is 838 g/mol. The van der Waals surface area contributed by atoms with Gasteiger partial charge in [-0.25, -0.2) is 0 Å². The Kier molecular flexibility index (Phi) is 9.73. The molecule has 8 rings (SSSR count). The molecule has 0 unspecified atom stereocenters. The topological polar surface area (TPSA) is 0 Å². The van der Waals surface area contributed by atoms with Crippen LogP contribution in [0.3, 0.4) is 0 Å². The van der Waals surface area contributed by atoms with Crippen LogP contribution in [-0.4, -0.2) is 4.26 Å².